The van der Waals surface area contributed by atoms with Gasteiger partial charge in [0.25, 0.3) is 5.91 Å². The highest BCUT2D eigenvalue weighted by Gasteiger charge is 2.08. The zero-order chi connectivity index (χ0) is 15.4. The Labute approximate surface area is 120 Å². The first-order chi connectivity index (χ1) is 9.95. The standard InChI is InChI=1S/C15H14F2N2O2/c1-9-6-11(3-4-12(9)17)21-8-15(20)19-14-5-2-10(16)7-13(14)18/h2-7H,8,18H2,1H3,(H,19,20). The van der Waals surface area contributed by atoms with Crippen LogP contribution in [0.4, 0.5) is 20.2 Å². The number of rotatable bonds is 4. The van der Waals surface area contributed by atoms with Crippen molar-refractivity contribution in [2.24, 2.45) is 0 Å². The van der Waals surface area contributed by atoms with Gasteiger partial charge in [0.1, 0.15) is 17.4 Å². The summed E-state index contributed by atoms with van der Waals surface area (Å²) in [6, 6.07) is 7.86. The molecule has 0 radical (unpaired) electrons. The van der Waals surface area contributed by atoms with Crippen molar-refractivity contribution < 1.29 is 18.3 Å². The molecule has 0 bridgehead atoms. The molecular weight excluding hydrogens is 278 g/mol. The topological polar surface area (TPSA) is 64.3 Å². The predicted molar refractivity (Wildman–Crippen MR) is 76.1 cm³/mol. The molecule has 0 unspecified atom stereocenters. The molecule has 2 aromatic rings. The van der Waals surface area contributed by atoms with Crippen molar-refractivity contribution in [3.63, 3.8) is 0 Å². The van der Waals surface area contributed by atoms with Crippen LogP contribution in [0.3, 0.4) is 0 Å². The van der Waals surface area contributed by atoms with E-state index in [9.17, 15) is 13.6 Å². The van der Waals surface area contributed by atoms with Crippen molar-refractivity contribution in [2.45, 2.75) is 6.92 Å². The molecule has 1 amide bonds. The fraction of sp³-hybridized carbons (Fsp3) is 0.133. The average Bonchev–Trinajstić information content (AvgIpc) is 2.43. The lowest BCUT2D eigenvalue weighted by Gasteiger charge is -2.10. The molecule has 0 aromatic heterocycles. The number of ether oxygens (including phenoxy) is 1. The predicted octanol–water partition coefficient (Wildman–Crippen LogP) is 2.87. The van der Waals surface area contributed by atoms with Crippen LogP contribution in [0.2, 0.25) is 0 Å². The van der Waals surface area contributed by atoms with Gasteiger partial charge in [-0.2, -0.15) is 0 Å². The van der Waals surface area contributed by atoms with Gasteiger partial charge in [0, 0.05) is 0 Å². The number of hydrogen-bond acceptors (Lipinski definition) is 3. The fourth-order valence-corrected chi connectivity index (χ4v) is 1.69. The largest absolute Gasteiger partial charge is 0.484 e. The Balaban J connectivity index is 1.94. The Morgan fingerprint density at radius 2 is 2.00 bits per heavy atom. The normalized spacial score (nSPS) is 10.2. The van der Waals surface area contributed by atoms with Gasteiger partial charge in [0.15, 0.2) is 6.61 Å². The second-order valence-electron chi connectivity index (χ2n) is 4.48. The Kier molecular flexibility index (Phi) is 4.37. The second kappa shape index (κ2) is 6.21. The van der Waals surface area contributed by atoms with Crippen LogP contribution in [0.1, 0.15) is 5.56 Å². The second-order valence-corrected chi connectivity index (χ2v) is 4.48. The summed E-state index contributed by atoms with van der Waals surface area (Å²) in [5.41, 5.74) is 6.43. The van der Waals surface area contributed by atoms with Gasteiger partial charge in [-0.05, 0) is 48.9 Å². The van der Waals surface area contributed by atoms with E-state index >= 15 is 0 Å². The SMILES string of the molecule is Cc1cc(OCC(=O)Nc2ccc(F)cc2N)ccc1F. The Bertz CT molecular complexity index is 675. The number of nitrogen functional groups attached to an aromatic ring is 1. The van der Waals surface area contributed by atoms with E-state index < -0.39 is 11.7 Å². The quantitative estimate of drug-likeness (QED) is 0.852. The van der Waals surface area contributed by atoms with E-state index in [1.165, 1.54) is 30.3 Å². The van der Waals surface area contributed by atoms with Crippen LogP contribution in [-0.2, 0) is 4.79 Å². The minimum absolute atomic E-state index is 0.126. The summed E-state index contributed by atoms with van der Waals surface area (Å²) in [6.45, 7) is 1.34. The van der Waals surface area contributed by atoms with Crippen molar-refractivity contribution >= 4 is 17.3 Å². The van der Waals surface area contributed by atoms with Crippen LogP contribution in [0.15, 0.2) is 36.4 Å². The van der Waals surface area contributed by atoms with Crippen molar-refractivity contribution in [3.8, 4) is 5.75 Å². The number of aryl methyl sites for hydroxylation is 1. The number of nitrogens with two attached hydrogens (primary N) is 1. The van der Waals surface area contributed by atoms with Crippen molar-refractivity contribution in [1.82, 2.24) is 0 Å². The molecule has 0 heterocycles. The van der Waals surface area contributed by atoms with E-state index in [2.05, 4.69) is 5.32 Å². The lowest BCUT2D eigenvalue weighted by molar-refractivity contribution is -0.118. The number of amides is 1. The molecule has 2 aromatic carbocycles. The Morgan fingerprint density at radius 3 is 2.67 bits per heavy atom. The van der Waals surface area contributed by atoms with Crippen molar-refractivity contribution in [2.75, 3.05) is 17.7 Å². The molecule has 6 heteroatoms. The molecule has 4 nitrogen and oxygen atoms in total. The minimum atomic E-state index is -0.483. The molecule has 0 saturated carbocycles. The summed E-state index contributed by atoms with van der Waals surface area (Å²) in [7, 11) is 0. The number of carbonyl (C=O) groups excluding carboxylic acids is 1. The molecule has 0 saturated heterocycles. The molecule has 0 fully saturated rings. The third-order valence-corrected chi connectivity index (χ3v) is 2.79. The summed E-state index contributed by atoms with van der Waals surface area (Å²) < 4.78 is 31.2. The summed E-state index contributed by atoms with van der Waals surface area (Å²) >= 11 is 0. The van der Waals surface area contributed by atoms with E-state index in [1.807, 2.05) is 0 Å². The van der Waals surface area contributed by atoms with E-state index in [0.29, 0.717) is 17.0 Å². The number of halogens is 2. The minimum Gasteiger partial charge on any atom is -0.484 e. The molecule has 0 aliphatic rings. The number of benzene rings is 2. The van der Waals surface area contributed by atoms with Gasteiger partial charge >= 0.3 is 0 Å². The smallest absolute Gasteiger partial charge is 0.262 e. The number of hydrogen-bond donors (Lipinski definition) is 2. The Morgan fingerprint density at radius 1 is 1.24 bits per heavy atom. The fourth-order valence-electron chi connectivity index (χ4n) is 1.69. The monoisotopic (exact) mass is 292 g/mol. The van der Waals surface area contributed by atoms with Crippen LogP contribution >= 0.6 is 0 Å². The Hall–Kier alpha value is -2.63. The third kappa shape index (κ3) is 3.92. The molecule has 0 aliphatic heterocycles. The van der Waals surface area contributed by atoms with Gasteiger partial charge in [0.05, 0.1) is 11.4 Å². The first kappa shape index (κ1) is 14.8. The first-order valence-corrected chi connectivity index (χ1v) is 6.19. The zero-order valence-electron chi connectivity index (χ0n) is 11.3. The van der Waals surface area contributed by atoms with Crippen molar-refractivity contribution in [3.05, 3.63) is 53.6 Å². The van der Waals surface area contributed by atoms with Gasteiger partial charge in [-0.3, -0.25) is 4.79 Å². The van der Waals surface area contributed by atoms with E-state index in [0.717, 1.165) is 6.07 Å². The third-order valence-electron chi connectivity index (χ3n) is 2.79. The molecule has 3 N–H and O–H groups in total. The molecule has 2 rings (SSSR count). The van der Waals surface area contributed by atoms with Crippen molar-refractivity contribution in [1.29, 1.82) is 0 Å². The van der Waals surface area contributed by atoms with Gasteiger partial charge < -0.3 is 15.8 Å². The van der Waals surface area contributed by atoms with Crippen LogP contribution in [0, 0.1) is 18.6 Å². The van der Waals surface area contributed by atoms with Gasteiger partial charge in [-0.15, -0.1) is 0 Å². The highest BCUT2D eigenvalue weighted by Crippen LogP contribution is 2.19. The van der Waals surface area contributed by atoms with Gasteiger partial charge in [0.2, 0.25) is 0 Å². The molecule has 0 spiro atoms. The summed E-state index contributed by atoms with van der Waals surface area (Å²) in [5.74, 6) is -0.888. The molecule has 0 aliphatic carbocycles. The number of anilines is 2. The molecule has 110 valence electrons. The lowest BCUT2D eigenvalue weighted by atomic mass is 10.2. The molecule has 0 atom stereocenters. The first-order valence-electron chi connectivity index (χ1n) is 6.19. The molecule has 21 heavy (non-hydrogen) atoms. The van der Waals surface area contributed by atoms with Crippen LogP contribution in [0.25, 0.3) is 0 Å². The number of carbonyl (C=O) groups is 1. The van der Waals surface area contributed by atoms with Gasteiger partial charge in [-0.25, -0.2) is 8.78 Å². The van der Waals surface area contributed by atoms with Crippen LogP contribution in [0.5, 0.6) is 5.75 Å². The zero-order valence-corrected chi connectivity index (χ0v) is 11.3. The van der Waals surface area contributed by atoms with E-state index in [1.54, 1.807) is 6.92 Å². The van der Waals surface area contributed by atoms with Crippen LogP contribution < -0.4 is 15.8 Å². The highest BCUT2D eigenvalue weighted by molar-refractivity contribution is 5.94. The molecular formula is C15H14F2N2O2. The average molecular weight is 292 g/mol. The maximum absolute atomic E-state index is 13.1. The van der Waals surface area contributed by atoms with Gasteiger partial charge in [-0.1, -0.05) is 0 Å². The van der Waals surface area contributed by atoms with Crippen LogP contribution in [-0.4, -0.2) is 12.5 Å². The summed E-state index contributed by atoms with van der Waals surface area (Å²) in [5, 5.41) is 2.50. The lowest BCUT2D eigenvalue weighted by Crippen LogP contribution is -2.20. The number of nitrogens with one attached hydrogen (secondary N) is 1. The highest BCUT2D eigenvalue weighted by atomic mass is 19.1. The maximum Gasteiger partial charge on any atom is 0.262 e. The van der Waals surface area contributed by atoms with E-state index in [4.69, 9.17) is 10.5 Å². The van der Waals surface area contributed by atoms with E-state index in [-0.39, 0.29) is 18.1 Å². The maximum atomic E-state index is 13.1. The summed E-state index contributed by atoms with van der Waals surface area (Å²) in [4.78, 5) is 11.7. The summed E-state index contributed by atoms with van der Waals surface area (Å²) in [6.07, 6.45) is 0.